The normalized spacial score (nSPS) is 16.2. The van der Waals surface area contributed by atoms with Crippen molar-refractivity contribution >= 4 is 34.3 Å². The molecule has 0 bridgehead atoms. The number of rotatable bonds is 5. The molecule has 4 rings (SSSR count). The molecule has 1 fully saturated rings. The maximum absolute atomic E-state index is 12.6. The number of carbonyl (C=O) groups is 2. The Bertz CT molecular complexity index is 1020. The lowest BCUT2D eigenvalue weighted by Gasteiger charge is -2.11. The Kier molecular flexibility index (Phi) is 5.08. The molecule has 1 unspecified atom stereocenters. The summed E-state index contributed by atoms with van der Waals surface area (Å²) < 4.78 is 11.0. The van der Waals surface area contributed by atoms with Crippen LogP contribution in [0.1, 0.15) is 36.0 Å². The number of nitrogens with one attached hydrogen (secondary N) is 2. The molecule has 1 saturated heterocycles. The summed E-state index contributed by atoms with van der Waals surface area (Å²) in [6.07, 6.45) is 1.90. The van der Waals surface area contributed by atoms with Crippen LogP contribution in [0.2, 0.25) is 0 Å². The molecule has 7 nitrogen and oxygen atoms in total. The second-order valence-electron chi connectivity index (χ2n) is 6.67. The van der Waals surface area contributed by atoms with Crippen molar-refractivity contribution in [2.75, 3.05) is 17.2 Å². The van der Waals surface area contributed by atoms with Gasteiger partial charge in [-0.2, -0.15) is 0 Å². The van der Waals surface area contributed by atoms with E-state index in [1.54, 1.807) is 42.5 Å². The number of oxazole rings is 1. The van der Waals surface area contributed by atoms with E-state index < -0.39 is 6.10 Å². The number of aromatic nitrogens is 1. The molecule has 1 aromatic heterocycles. The monoisotopic (exact) mass is 379 g/mol. The molecule has 0 radical (unpaired) electrons. The molecule has 3 aromatic rings. The largest absolute Gasteiger partial charge is 0.441 e. The zero-order valence-corrected chi connectivity index (χ0v) is 15.5. The molecular weight excluding hydrogens is 358 g/mol. The van der Waals surface area contributed by atoms with E-state index in [9.17, 15) is 9.59 Å². The number of carbonyl (C=O) groups excluding carboxylic acids is 2. The number of anilines is 2. The average Bonchev–Trinajstić information content (AvgIpc) is 3.37. The van der Waals surface area contributed by atoms with Crippen LogP contribution in [0.3, 0.4) is 0 Å². The van der Waals surface area contributed by atoms with Gasteiger partial charge < -0.3 is 19.8 Å². The van der Waals surface area contributed by atoms with E-state index in [0.717, 1.165) is 12.8 Å². The molecule has 0 aliphatic carbocycles. The van der Waals surface area contributed by atoms with Crippen molar-refractivity contribution in [2.24, 2.45) is 0 Å². The first-order valence-electron chi connectivity index (χ1n) is 9.36. The van der Waals surface area contributed by atoms with Crippen molar-refractivity contribution in [1.82, 2.24) is 4.98 Å². The van der Waals surface area contributed by atoms with Crippen LogP contribution >= 0.6 is 0 Å². The van der Waals surface area contributed by atoms with Gasteiger partial charge in [0.05, 0.1) is 0 Å². The van der Waals surface area contributed by atoms with Crippen molar-refractivity contribution in [3.8, 4) is 0 Å². The van der Waals surface area contributed by atoms with Crippen molar-refractivity contribution in [1.29, 1.82) is 0 Å². The highest BCUT2D eigenvalue weighted by Crippen LogP contribution is 2.21. The Morgan fingerprint density at radius 3 is 2.79 bits per heavy atom. The lowest BCUT2D eigenvalue weighted by atomic mass is 10.1. The summed E-state index contributed by atoms with van der Waals surface area (Å²) >= 11 is 0. The highest BCUT2D eigenvalue weighted by atomic mass is 16.5. The summed E-state index contributed by atoms with van der Waals surface area (Å²) in [6, 6.07) is 12.2. The molecule has 7 heteroatoms. The summed E-state index contributed by atoms with van der Waals surface area (Å²) in [5, 5.41) is 5.67. The highest BCUT2D eigenvalue weighted by Gasteiger charge is 2.23. The second-order valence-corrected chi connectivity index (χ2v) is 6.67. The number of fused-ring (bicyclic) bond motifs is 1. The lowest BCUT2D eigenvalue weighted by Crippen LogP contribution is -2.27. The van der Waals surface area contributed by atoms with Crippen LogP contribution in [0.5, 0.6) is 0 Å². The average molecular weight is 379 g/mol. The van der Waals surface area contributed by atoms with Crippen molar-refractivity contribution < 1.29 is 18.7 Å². The Balaban J connectivity index is 1.46. The van der Waals surface area contributed by atoms with Crippen LogP contribution < -0.4 is 10.6 Å². The first kappa shape index (κ1) is 18.2. The number of benzene rings is 2. The quantitative estimate of drug-likeness (QED) is 0.704. The van der Waals surface area contributed by atoms with Crippen molar-refractivity contribution in [3.63, 3.8) is 0 Å². The number of hydrogen-bond donors (Lipinski definition) is 2. The number of amides is 2. The third-order valence-corrected chi connectivity index (χ3v) is 4.61. The molecule has 28 heavy (non-hydrogen) atoms. The van der Waals surface area contributed by atoms with Crippen molar-refractivity contribution in [2.45, 2.75) is 32.3 Å². The molecule has 2 aromatic carbocycles. The zero-order chi connectivity index (χ0) is 19.5. The van der Waals surface area contributed by atoms with Gasteiger partial charge in [-0.05, 0) is 49.2 Å². The summed E-state index contributed by atoms with van der Waals surface area (Å²) in [6.45, 7) is 2.58. The van der Waals surface area contributed by atoms with E-state index in [1.165, 1.54) is 0 Å². The third-order valence-electron chi connectivity index (χ3n) is 4.61. The summed E-state index contributed by atoms with van der Waals surface area (Å²) in [7, 11) is 0. The summed E-state index contributed by atoms with van der Waals surface area (Å²) in [4.78, 5) is 29.2. The Morgan fingerprint density at radius 1 is 1.14 bits per heavy atom. The molecule has 144 valence electrons. The van der Waals surface area contributed by atoms with E-state index in [4.69, 9.17) is 9.15 Å². The van der Waals surface area contributed by atoms with Gasteiger partial charge in [-0.3, -0.25) is 9.59 Å². The lowest BCUT2D eigenvalue weighted by molar-refractivity contribution is -0.124. The maximum atomic E-state index is 12.6. The molecule has 2 N–H and O–H groups in total. The van der Waals surface area contributed by atoms with Crippen LogP contribution in [0.15, 0.2) is 46.9 Å². The fourth-order valence-electron chi connectivity index (χ4n) is 3.15. The first-order chi connectivity index (χ1) is 13.6. The molecule has 0 spiro atoms. The molecule has 1 aliphatic rings. The third kappa shape index (κ3) is 3.89. The van der Waals surface area contributed by atoms with Crippen LogP contribution in [-0.4, -0.2) is 29.5 Å². The second kappa shape index (κ2) is 7.82. The van der Waals surface area contributed by atoms with Gasteiger partial charge in [-0.15, -0.1) is 0 Å². The molecular formula is C21H21N3O4. The number of ether oxygens (including phenoxy) is 1. The van der Waals surface area contributed by atoms with E-state index in [0.29, 0.717) is 47.0 Å². The molecule has 2 heterocycles. The van der Waals surface area contributed by atoms with E-state index in [-0.39, 0.29) is 11.8 Å². The minimum Gasteiger partial charge on any atom is -0.441 e. The van der Waals surface area contributed by atoms with Gasteiger partial charge in [0.1, 0.15) is 11.6 Å². The minimum absolute atomic E-state index is 0.182. The zero-order valence-electron chi connectivity index (χ0n) is 15.5. The van der Waals surface area contributed by atoms with Crippen LogP contribution in [0, 0.1) is 0 Å². The van der Waals surface area contributed by atoms with Gasteiger partial charge in [0.2, 0.25) is 0 Å². The van der Waals surface area contributed by atoms with Crippen LogP contribution in [0.4, 0.5) is 11.4 Å². The number of nitrogens with zero attached hydrogens (tertiary/aromatic N) is 1. The van der Waals surface area contributed by atoms with Gasteiger partial charge in [0.15, 0.2) is 11.5 Å². The predicted octanol–water partition coefficient (Wildman–Crippen LogP) is 3.76. The topological polar surface area (TPSA) is 93.5 Å². The predicted molar refractivity (Wildman–Crippen MR) is 105 cm³/mol. The number of aryl methyl sites for hydroxylation is 1. The van der Waals surface area contributed by atoms with Crippen LogP contribution in [-0.2, 0) is 16.0 Å². The number of hydrogen-bond acceptors (Lipinski definition) is 5. The Morgan fingerprint density at radius 2 is 2.00 bits per heavy atom. The fraction of sp³-hybridized carbons (Fsp3) is 0.286. The van der Waals surface area contributed by atoms with Crippen LogP contribution in [0.25, 0.3) is 11.1 Å². The maximum Gasteiger partial charge on any atom is 0.255 e. The summed E-state index contributed by atoms with van der Waals surface area (Å²) in [5.41, 5.74) is 3.02. The van der Waals surface area contributed by atoms with E-state index >= 15 is 0 Å². The first-order valence-corrected chi connectivity index (χ1v) is 9.36. The fourth-order valence-corrected chi connectivity index (χ4v) is 3.15. The molecule has 0 saturated carbocycles. The van der Waals surface area contributed by atoms with Gasteiger partial charge in [-0.25, -0.2) is 4.98 Å². The molecule has 1 aliphatic heterocycles. The Hall–Kier alpha value is -3.19. The van der Waals surface area contributed by atoms with Gasteiger partial charge in [0, 0.05) is 30.0 Å². The highest BCUT2D eigenvalue weighted by molar-refractivity contribution is 6.06. The van der Waals surface area contributed by atoms with E-state index in [2.05, 4.69) is 15.6 Å². The standard InChI is InChI=1S/C21H21N3O4/c1-2-19-24-16-12-15(8-9-17(16)28-19)22-20(25)13-5-3-6-14(11-13)23-21(26)18-7-4-10-27-18/h3,5-6,8-9,11-12,18H,2,4,7,10H2,1H3,(H,22,25)(H,23,26). The molecule has 1 atom stereocenters. The van der Waals surface area contributed by atoms with Gasteiger partial charge in [0.25, 0.3) is 11.8 Å². The smallest absolute Gasteiger partial charge is 0.255 e. The summed E-state index contributed by atoms with van der Waals surface area (Å²) in [5.74, 6) is 0.207. The SMILES string of the molecule is CCc1nc2cc(NC(=O)c3cccc(NC(=O)C4CCCO4)c3)ccc2o1. The minimum atomic E-state index is -0.417. The van der Waals surface area contributed by atoms with Crippen molar-refractivity contribution in [3.05, 3.63) is 53.9 Å². The van der Waals surface area contributed by atoms with E-state index in [1.807, 2.05) is 6.92 Å². The Labute approximate surface area is 162 Å². The van der Waals surface area contributed by atoms with Gasteiger partial charge >= 0.3 is 0 Å². The molecule has 2 amide bonds. The van der Waals surface area contributed by atoms with Gasteiger partial charge in [-0.1, -0.05) is 13.0 Å².